The summed E-state index contributed by atoms with van der Waals surface area (Å²) in [6.45, 7) is 0. The molecule has 0 aliphatic carbocycles. The minimum absolute atomic E-state index is 0.0140. The molecule has 1 atom stereocenters. The minimum Gasteiger partial charge on any atom is -0.207 e. The summed E-state index contributed by atoms with van der Waals surface area (Å²) in [4.78, 5) is 0. The highest BCUT2D eigenvalue weighted by molar-refractivity contribution is 9.10. The van der Waals surface area contributed by atoms with Crippen LogP contribution >= 0.6 is 39.1 Å². The zero-order valence-corrected chi connectivity index (χ0v) is 12.2. The first-order chi connectivity index (χ1) is 8.85. The van der Waals surface area contributed by atoms with Crippen LogP contribution in [0.15, 0.2) is 16.6 Å². The lowest BCUT2D eigenvalue weighted by Crippen LogP contribution is -2.39. The van der Waals surface area contributed by atoms with Crippen molar-refractivity contribution < 1.29 is 30.7 Å². The Morgan fingerprint density at radius 1 is 1.00 bits per heavy atom. The molecule has 0 heterocycles. The summed E-state index contributed by atoms with van der Waals surface area (Å²) in [5.74, 6) is -5.22. The maximum Gasteiger partial charge on any atom is 0.402 e. The first-order valence-electron chi connectivity index (χ1n) is 4.77. The predicted octanol–water partition coefficient (Wildman–Crippen LogP) is 6.26. The third-order valence-electron chi connectivity index (χ3n) is 2.33. The zero-order chi connectivity index (χ0) is 15.9. The number of hydrogen-bond donors (Lipinski definition) is 0. The van der Waals surface area contributed by atoms with Crippen LogP contribution in [0.2, 0.25) is 5.02 Å². The molecular weight excluding hydrogens is 404 g/mol. The Hall–Kier alpha value is -0.210. The summed E-state index contributed by atoms with van der Waals surface area (Å²) in [7, 11) is 0. The maximum atomic E-state index is 13.5. The van der Waals surface area contributed by atoms with Gasteiger partial charge in [-0.2, -0.15) is 26.3 Å². The summed E-state index contributed by atoms with van der Waals surface area (Å²) in [6, 6.07) is 1.28. The lowest BCUT2D eigenvalue weighted by molar-refractivity contribution is -0.285. The van der Waals surface area contributed by atoms with E-state index in [1.54, 1.807) is 0 Å². The van der Waals surface area contributed by atoms with Crippen molar-refractivity contribution in [1.29, 1.82) is 0 Å². The van der Waals surface area contributed by atoms with Gasteiger partial charge < -0.3 is 0 Å². The smallest absolute Gasteiger partial charge is 0.207 e. The van der Waals surface area contributed by atoms with Gasteiger partial charge in [-0.05, 0) is 28.1 Å². The number of halogens is 10. The van der Waals surface area contributed by atoms with Gasteiger partial charge in [0, 0.05) is 10.0 Å². The molecule has 1 rings (SSSR count). The van der Waals surface area contributed by atoms with E-state index in [0.717, 1.165) is 0 Å². The Bertz CT molecular complexity index is 484. The van der Waals surface area contributed by atoms with Gasteiger partial charge in [-0.15, -0.1) is 11.6 Å². The molecular formula is C10H4BrCl2F7. The number of rotatable bonds is 2. The summed E-state index contributed by atoms with van der Waals surface area (Å²) < 4.78 is 88.5. The average Bonchev–Trinajstić information content (AvgIpc) is 2.18. The monoisotopic (exact) mass is 406 g/mol. The van der Waals surface area contributed by atoms with Crippen LogP contribution in [-0.2, 0) is 0 Å². The number of hydrogen-bond acceptors (Lipinski definition) is 0. The molecule has 114 valence electrons. The average molecular weight is 408 g/mol. The maximum absolute atomic E-state index is 13.5. The zero-order valence-electron chi connectivity index (χ0n) is 9.09. The highest BCUT2D eigenvalue weighted by Gasteiger charge is 2.60. The first-order valence-corrected chi connectivity index (χ1v) is 6.38. The fourth-order valence-corrected chi connectivity index (χ4v) is 2.39. The molecule has 0 fully saturated rings. The molecule has 1 unspecified atom stereocenters. The summed E-state index contributed by atoms with van der Waals surface area (Å²) in [6.07, 6.45) is -11.3. The fraction of sp³-hybridized carbons (Fsp3) is 0.400. The second-order valence-corrected chi connectivity index (χ2v) is 5.48. The van der Waals surface area contributed by atoms with Crippen LogP contribution in [0, 0.1) is 11.7 Å². The second-order valence-electron chi connectivity index (χ2n) is 3.75. The van der Waals surface area contributed by atoms with Crippen LogP contribution in [0.25, 0.3) is 0 Å². The highest BCUT2D eigenvalue weighted by Crippen LogP contribution is 2.50. The molecule has 0 saturated heterocycles. The van der Waals surface area contributed by atoms with Crippen molar-refractivity contribution in [2.45, 2.75) is 17.7 Å². The van der Waals surface area contributed by atoms with Gasteiger partial charge in [0.05, 0.1) is 10.4 Å². The van der Waals surface area contributed by atoms with Crippen molar-refractivity contribution in [2.75, 3.05) is 0 Å². The molecule has 0 nitrogen and oxygen atoms in total. The molecule has 0 saturated carbocycles. The van der Waals surface area contributed by atoms with Gasteiger partial charge in [0.1, 0.15) is 5.82 Å². The first kappa shape index (κ1) is 17.8. The van der Waals surface area contributed by atoms with E-state index in [9.17, 15) is 30.7 Å². The lowest BCUT2D eigenvalue weighted by atomic mass is 9.97. The summed E-state index contributed by atoms with van der Waals surface area (Å²) in [5, 5.41) is -2.93. The van der Waals surface area contributed by atoms with Crippen molar-refractivity contribution in [2.24, 2.45) is 5.92 Å². The summed E-state index contributed by atoms with van der Waals surface area (Å²) >= 11 is 13.5. The topological polar surface area (TPSA) is 0 Å². The van der Waals surface area contributed by atoms with Gasteiger partial charge >= 0.3 is 12.4 Å². The highest BCUT2D eigenvalue weighted by atomic mass is 79.9. The Morgan fingerprint density at radius 3 is 1.85 bits per heavy atom. The third-order valence-corrected chi connectivity index (χ3v) is 4.02. The normalized spacial score (nSPS) is 14.8. The molecule has 0 N–H and O–H groups in total. The van der Waals surface area contributed by atoms with Crippen LogP contribution in [0.3, 0.4) is 0 Å². The quantitative estimate of drug-likeness (QED) is 0.308. The Balaban J connectivity index is 3.34. The molecule has 0 aliphatic rings. The standard InChI is InChI=1S/C10H4BrCl2F7/c11-4-2-6(14)3(1-5(4)12)7(13)8(9(15,16)17)10(18,19)20/h1-2,7-8H. The van der Waals surface area contributed by atoms with Gasteiger partial charge in [-0.3, -0.25) is 0 Å². The Kier molecular flexibility index (Phi) is 5.25. The Morgan fingerprint density at radius 2 is 1.45 bits per heavy atom. The van der Waals surface area contributed by atoms with E-state index in [1.165, 1.54) is 0 Å². The van der Waals surface area contributed by atoms with E-state index in [4.69, 9.17) is 23.2 Å². The third kappa shape index (κ3) is 3.92. The molecule has 0 aliphatic heterocycles. The van der Waals surface area contributed by atoms with E-state index in [0.29, 0.717) is 12.1 Å². The van der Waals surface area contributed by atoms with Crippen LogP contribution in [0.4, 0.5) is 30.7 Å². The number of benzene rings is 1. The molecule has 0 radical (unpaired) electrons. The van der Waals surface area contributed by atoms with Crippen molar-refractivity contribution in [3.8, 4) is 0 Å². The van der Waals surface area contributed by atoms with Gasteiger partial charge in [0.15, 0.2) is 5.92 Å². The van der Waals surface area contributed by atoms with Gasteiger partial charge in [0.2, 0.25) is 0 Å². The molecule has 0 amide bonds. The van der Waals surface area contributed by atoms with E-state index in [-0.39, 0.29) is 9.50 Å². The molecule has 10 heteroatoms. The molecule has 1 aromatic carbocycles. The van der Waals surface area contributed by atoms with E-state index in [2.05, 4.69) is 15.9 Å². The van der Waals surface area contributed by atoms with Gasteiger partial charge in [0.25, 0.3) is 0 Å². The summed E-state index contributed by atoms with van der Waals surface area (Å²) in [5.41, 5.74) is -0.973. The lowest BCUT2D eigenvalue weighted by Gasteiger charge is -2.27. The van der Waals surface area contributed by atoms with Crippen molar-refractivity contribution >= 4 is 39.1 Å². The molecule has 20 heavy (non-hydrogen) atoms. The largest absolute Gasteiger partial charge is 0.402 e. The molecule has 0 bridgehead atoms. The van der Waals surface area contributed by atoms with Gasteiger partial charge in [-0.1, -0.05) is 11.6 Å². The van der Waals surface area contributed by atoms with Crippen LogP contribution in [0.5, 0.6) is 0 Å². The molecule has 0 spiro atoms. The second kappa shape index (κ2) is 5.88. The van der Waals surface area contributed by atoms with E-state index in [1.807, 2.05) is 0 Å². The minimum atomic E-state index is -5.67. The predicted molar refractivity (Wildman–Crippen MR) is 63.3 cm³/mol. The van der Waals surface area contributed by atoms with Crippen LogP contribution < -0.4 is 0 Å². The molecule has 0 aromatic heterocycles. The van der Waals surface area contributed by atoms with E-state index >= 15 is 0 Å². The Labute approximate surface area is 127 Å². The van der Waals surface area contributed by atoms with Crippen molar-refractivity contribution in [3.63, 3.8) is 0 Å². The van der Waals surface area contributed by atoms with Crippen LogP contribution in [0.1, 0.15) is 10.9 Å². The van der Waals surface area contributed by atoms with Crippen molar-refractivity contribution in [3.05, 3.63) is 33.0 Å². The SMILES string of the molecule is Fc1cc(Br)c(Cl)cc1C(Cl)C(C(F)(F)F)C(F)(F)F. The fourth-order valence-electron chi connectivity index (χ4n) is 1.45. The van der Waals surface area contributed by atoms with Crippen LogP contribution in [-0.4, -0.2) is 12.4 Å². The van der Waals surface area contributed by atoms with E-state index < -0.39 is 35.0 Å². The number of alkyl halides is 7. The van der Waals surface area contributed by atoms with Gasteiger partial charge in [-0.25, -0.2) is 4.39 Å². The molecule has 1 aromatic rings. The van der Waals surface area contributed by atoms with Crippen molar-refractivity contribution in [1.82, 2.24) is 0 Å².